The van der Waals surface area contributed by atoms with E-state index in [9.17, 15) is 0 Å². The van der Waals surface area contributed by atoms with Crippen LogP contribution in [0.4, 0.5) is 5.82 Å². The lowest BCUT2D eigenvalue weighted by molar-refractivity contribution is 0.173. The average molecular weight is 361 g/mol. The predicted octanol–water partition coefficient (Wildman–Crippen LogP) is 3.58. The summed E-state index contributed by atoms with van der Waals surface area (Å²) < 4.78 is 10.4. The zero-order valence-corrected chi connectivity index (χ0v) is 15.7. The van der Waals surface area contributed by atoms with Crippen molar-refractivity contribution in [1.29, 1.82) is 0 Å². The van der Waals surface area contributed by atoms with Gasteiger partial charge >= 0.3 is 0 Å². The molecule has 0 atom stereocenters. The van der Waals surface area contributed by atoms with Crippen molar-refractivity contribution in [3.05, 3.63) is 54.5 Å². The van der Waals surface area contributed by atoms with Crippen LogP contribution in [-0.2, 0) is 7.05 Å². The third-order valence-electron chi connectivity index (χ3n) is 5.42. The van der Waals surface area contributed by atoms with Gasteiger partial charge in [-0.15, -0.1) is 0 Å². The van der Waals surface area contributed by atoms with Crippen LogP contribution in [0.2, 0.25) is 0 Å². The fourth-order valence-corrected chi connectivity index (χ4v) is 4.00. The SMILES string of the molecule is Cc1cc(N2CCC(Oc3cccc4c3ccn4C)CC2)n2nccc2n1. The molecule has 0 spiro atoms. The maximum atomic E-state index is 6.39. The Morgan fingerprint density at radius 2 is 1.96 bits per heavy atom. The molecule has 5 rings (SSSR count). The van der Waals surface area contributed by atoms with Gasteiger partial charge in [-0.1, -0.05) is 6.07 Å². The van der Waals surface area contributed by atoms with Crippen molar-refractivity contribution < 1.29 is 4.74 Å². The normalized spacial score (nSPS) is 15.7. The molecule has 6 heteroatoms. The maximum Gasteiger partial charge on any atom is 0.157 e. The summed E-state index contributed by atoms with van der Waals surface area (Å²) in [6.07, 6.45) is 6.12. The molecule has 0 radical (unpaired) electrons. The summed E-state index contributed by atoms with van der Waals surface area (Å²) >= 11 is 0. The Kier molecular flexibility index (Phi) is 3.77. The van der Waals surface area contributed by atoms with Gasteiger partial charge in [0.05, 0.1) is 11.7 Å². The summed E-state index contributed by atoms with van der Waals surface area (Å²) in [7, 11) is 2.07. The number of hydrogen-bond acceptors (Lipinski definition) is 4. The highest BCUT2D eigenvalue weighted by Crippen LogP contribution is 2.29. The van der Waals surface area contributed by atoms with E-state index < -0.39 is 0 Å². The lowest BCUT2D eigenvalue weighted by Gasteiger charge is -2.33. The number of hydrogen-bond donors (Lipinski definition) is 0. The van der Waals surface area contributed by atoms with Gasteiger partial charge in [-0.25, -0.2) is 4.98 Å². The number of rotatable bonds is 3. The van der Waals surface area contributed by atoms with Gasteiger partial charge in [-0.05, 0) is 25.1 Å². The molecule has 1 saturated heterocycles. The fraction of sp³-hybridized carbons (Fsp3) is 0.333. The van der Waals surface area contributed by atoms with Crippen molar-refractivity contribution in [1.82, 2.24) is 19.2 Å². The van der Waals surface area contributed by atoms with Gasteiger partial charge in [0.2, 0.25) is 0 Å². The number of nitrogens with zero attached hydrogens (tertiary/aromatic N) is 5. The molecule has 1 aliphatic heterocycles. The molecule has 1 aromatic carbocycles. The number of aromatic nitrogens is 4. The van der Waals surface area contributed by atoms with E-state index in [1.165, 1.54) is 10.9 Å². The van der Waals surface area contributed by atoms with E-state index in [0.29, 0.717) is 0 Å². The van der Waals surface area contributed by atoms with Gasteiger partial charge in [0.1, 0.15) is 17.7 Å². The van der Waals surface area contributed by atoms with Crippen molar-refractivity contribution in [3.63, 3.8) is 0 Å². The summed E-state index contributed by atoms with van der Waals surface area (Å²) in [5.41, 5.74) is 3.13. The number of piperidine rings is 1. The van der Waals surface area contributed by atoms with Gasteiger partial charge in [0, 0.05) is 62.4 Å². The van der Waals surface area contributed by atoms with Crippen molar-refractivity contribution in [3.8, 4) is 5.75 Å². The van der Waals surface area contributed by atoms with E-state index in [0.717, 1.165) is 48.8 Å². The van der Waals surface area contributed by atoms with Crippen LogP contribution in [0.3, 0.4) is 0 Å². The van der Waals surface area contributed by atoms with E-state index >= 15 is 0 Å². The molecule has 0 bridgehead atoms. The molecule has 0 saturated carbocycles. The van der Waals surface area contributed by atoms with Crippen LogP contribution in [0.15, 0.2) is 48.8 Å². The second kappa shape index (κ2) is 6.30. The van der Waals surface area contributed by atoms with Gasteiger partial charge in [0.15, 0.2) is 5.65 Å². The Morgan fingerprint density at radius 1 is 1.11 bits per heavy atom. The Morgan fingerprint density at radius 3 is 2.81 bits per heavy atom. The smallest absolute Gasteiger partial charge is 0.157 e. The zero-order valence-electron chi connectivity index (χ0n) is 15.7. The van der Waals surface area contributed by atoms with Crippen molar-refractivity contribution in [2.75, 3.05) is 18.0 Å². The van der Waals surface area contributed by atoms with Crippen molar-refractivity contribution >= 4 is 22.4 Å². The van der Waals surface area contributed by atoms with Gasteiger partial charge < -0.3 is 14.2 Å². The highest BCUT2D eigenvalue weighted by molar-refractivity contribution is 5.86. The first-order chi connectivity index (χ1) is 13.2. The summed E-state index contributed by atoms with van der Waals surface area (Å²) in [5, 5.41) is 5.62. The predicted molar refractivity (Wildman–Crippen MR) is 107 cm³/mol. The van der Waals surface area contributed by atoms with Crippen LogP contribution in [0.5, 0.6) is 5.75 Å². The van der Waals surface area contributed by atoms with E-state index in [-0.39, 0.29) is 6.10 Å². The zero-order chi connectivity index (χ0) is 18.4. The molecule has 0 unspecified atom stereocenters. The third kappa shape index (κ3) is 2.81. The Labute approximate surface area is 158 Å². The van der Waals surface area contributed by atoms with Crippen LogP contribution in [0, 0.1) is 6.92 Å². The fourth-order valence-electron chi connectivity index (χ4n) is 4.00. The lowest BCUT2D eigenvalue weighted by atomic mass is 10.1. The van der Waals surface area contributed by atoms with Crippen molar-refractivity contribution in [2.45, 2.75) is 25.9 Å². The molecule has 0 N–H and O–H groups in total. The number of benzene rings is 1. The Balaban J connectivity index is 1.33. The van der Waals surface area contributed by atoms with E-state index in [2.05, 4.69) is 63.1 Å². The molecule has 4 heterocycles. The topological polar surface area (TPSA) is 47.6 Å². The standard InChI is InChI=1S/C21H23N5O/c1-15-14-21(26-20(23-15)6-10-22-26)25-12-7-16(8-13-25)27-19-5-3-4-18-17(19)9-11-24(18)2/h3-6,9-11,14,16H,7-8,12-13H2,1-2H3. The van der Waals surface area contributed by atoms with E-state index in [4.69, 9.17) is 4.74 Å². The Hall–Kier alpha value is -3.02. The molecule has 138 valence electrons. The molecule has 0 amide bonds. The van der Waals surface area contributed by atoms with Crippen LogP contribution in [0.25, 0.3) is 16.6 Å². The first kappa shape index (κ1) is 16.2. The minimum Gasteiger partial charge on any atom is -0.490 e. The summed E-state index contributed by atoms with van der Waals surface area (Å²) in [5.74, 6) is 2.10. The molecule has 1 aliphatic rings. The second-order valence-electron chi connectivity index (χ2n) is 7.28. The minimum atomic E-state index is 0.239. The van der Waals surface area contributed by atoms with Crippen LogP contribution in [0.1, 0.15) is 18.5 Å². The van der Waals surface area contributed by atoms with Gasteiger partial charge in [0.25, 0.3) is 0 Å². The molecular formula is C21H23N5O. The largest absolute Gasteiger partial charge is 0.490 e. The monoisotopic (exact) mass is 361 g/mol. The highest BCUT2D eigenvalue weighted by Gasteiger charge is 2.23. The number of anilines is 1. The van der Waals surface area contributed by atoms with Crippen molar-refractivity contribution in [2.24, 2.45) is 7.05 Å². The lowest BCUT2D eigenvalue weighted by Crippen LogP contribution is -2.39. The molecule has 4 aromatic rings. The number of ether oxygens (including phenoxy) is 1. The van der Waals surface area contributed by atoms with Gasteiger partial charge in [-0.2, -0.15) is 9.61 Å². The van der Waals surface area contributed by atoms with Crippen LogP contribution >= 0.6 is 0 Å². The summed E-state index contributed by atoms with van der Waals surface area (Å²) in [6.45, 7) is 3.94. The minimum absolute atomic E-state index is 0.239. The second-order valence-corrected chi connectivity index (χ2v) is 7.28. The maximum absolute atomic E-state index is 6.39. The third-order valence-corrected chi connectivity index (χ3v) is 5.42. The average Bonchev–Trinajstić information content (AvgIpc) is 3.29. The quantitative estimate of drug-likeness (QED) is 0.560. The summed E-state index contributed by atoms with van der Waals surface area (Å²) in [4.78, 5) is 6.93. The molecular weight excluding hydrogens is 338 g/mol. The molecule has 27 heavy (non-hydrogen) atoms. The Bertz CT molecular complexity index is 1100. The first-order valence-electron chi connectivity index (χ1n) is 9.46. The highest BCUT2D eigenvalue weighted by atomic mass is 16.5. The van der Waals surface area contributed by atoms with Crippen LogP contribution in [-0.4, -0.2) is 38.4 Å². The molecule has 3 aromatic heterocycles. The number of aryl methyl sites for hydroxylation is 2. The van der Waals surface area contributed by atoms with E-state index in [1.54, 1.807) is 0 Å². The summed E-state index contributed by atoms with van der Waals surface area (Å²) in [6, 6.07) is 12.5. The molecule has 0 aliphatic carbocycles. The van der Waals surface area contributed by atoms with Gasteiger partial charge in [-0.3, -0.25) is 0 Å². The number of fused-ring (bicyclic) bond motifs is 2. The molecule has 1 fully saturated rings. The molecule has 6 nitrogen and oxygen atoms in total. The first-order valence-corrected chi connectivity index (χ1v) is 9.46. The van der Waals surface area contributed by atoms with E-state index in [1.807, 2.05) is 23.7 Å². The van der Waals surface area contributed by atoms with Crippen LogP contribution < -0.4 is 9.64 Å².